The van der Waals surface area contributed by atoms with Crippen LogP contribution in [0.4, 0.5) is 4.79 Å². The highest BCUT2D eigenvalue weighted by Crippen LogP contribution is 2.36. The van der Waals surface area contributed by atoms with Gasteiger partial charge in [-0.15, -0.1) is 0 Å². The summed E-state index contributed by atoms with van der Waals surface area (Å²) in [5, 5.41) is 4.10. The van der Waals surface area contributed by atoms with Crippen LogP contribution in [0.25, 0.3) is 0 Å². The predicted molar refractivity (Wildman–Crippen MR) is 112 cm³/mol. The molecule has 0 saturated carbocycles. The number of rotatable bonds is 2. The molecule has 0 radical (unpaired) electrons. The Labute approximate surface area is 171 Å². The topological polar surface area (TPSA) is 35.6 Å². The van der Waals surface area contributed by atoms with Gasteiger partial charge >= 0.3 is 6.03 Å². The van der Waals surface area contributed by atoms with Gasteiger partial charge in [-0.3, -0.25) is 0 Å². The molecule has 2 aromatic carbocycles. The molecule has 0 spiro atoms. The largest absolute Gasteiger partial charge is 0.334 e. The van der Waals surface area contributed by atoms with E-state index in [-0.39, 0.29) is 18.1 Å². The minimum atomic E-state index is -0.0664. The van der Waals surface area contributed by atoms with E-state index in [1.54, 1.807) is 0 Å². The molecule has 4 heterocycles. The fraction of sp³-hybridized carbons (Fsp3) is 0.435. The van der Waals surface area contributed by atoms with Crippen LogP contribution in [0.2, 0.25) is 5.02 Å². The first kappa shape index (κ1) is 18.0. The lowest BCUT2D eigenvalue weighted by atomic mass is 9.84. The molecule has 2 atom stereocenters. The standard InChI is InChI=1S/C23H26ClN3O/c24-19-7-5-18(6-8-19)22-20-4-2-1-3-16(20)11-14-27(22)23(28)25-21-15-26-12-9-17(21)10-13-26/h1-8,17,21-22H,9-15H2,(H,25,28)/t21-,22-/m1/s1. The molecule has 2 aromatic rings. The Morgan fingerprint density at radius 2 is 1.75 bits per heavy atom. The molecule has 3 fully saturated rings. The molecule has 4 nitrogen and oxygen atoms in total. The van der Waals surface area contributed by atoms with Gasteiger partial charge in [0.1, 0.15) is 0 Å². The van der Waals surface area contributed by atoms with Gasteiger partial charge < -0.3 is 15.1 Å². The zero-order valence-corrected chi connectivity index (χ0v) is 16.7. The average molecular weight is 396 g/mol. The Balaban J connectivity index is 1.43. The average Bonchev–Trinajstić information content (AvgIpc) is 2.74. The van der Waals surface area contributed by atoms with Crippen LogP contribution in [-0.4, -0.2) is 48.1 Å². The molecule has 6 rings (SSSR count). The number of halogens is 1. The molecule has 146 valence electrons. The Hall–Kier alpha value is -2.04. The highest BCUT2D eigenvalue weighted by atomic mass is 35.5. The van der Waals surface area contributed by atoms with Gasteiger partial charge in [0.15, 0.2) is 0 Å². The van der Waals surface area contributed by atoms with Crippen molar-refractivity contribution in [3.63, 3.8) is 0 Å². The summed E-state index contributed by atoms with van der Waals surface area (Å²) in [4.78, 5) is 17.9. The molecule has 2 amide bonds. The fourth-order valence-electron chi connectivity index (χ4n) is 5.16. The normalized spacial score (nSPS) is 28.7. The van der Waals surface area contributed by atoms with E-state index in [0.29, 0.717) is 5.92 Å². The molecule has 28 heavy (non-hydrogen) atoms. The molecular formula is C23H26ClN3O. The summed E-state index contributed by atoms with van der Waals surface area (Å²) in [5.74, 6) is 0.625. The summed E-state index contributed by atoms with van der Waals surface area (Å²) < 4.78 is 0. The molecule has 0 aliphatic carbocycles. The lowest BCUT2D eigenvalue weighted by Gasteiger charge is -2.46. The monoisotopic (exact) mass is 395 g/mol. The molecular weight excluding hydrogens is 370 g/mol. The van der Waals surface area contributed by atoms with Crippen LogP contribution in [0.1, 0.15) is 35.6 Å². The highest BCUT2D eigenvalue weighted by Gasteiger charge is 2.38. The summed E-state index contributed by atoms with van der Waals surface area (Å²) in [7, 11) is 0. The van der Waals surface area contributed by atoms with Crippen LogP contribution in [-0.2, 0) is 6.42 Å². The highest BCUT2D eigenvalue weighted by molar-refractivity contribution is 6.30. The maximum atomic E-state index is 13.4. The maximum Gasteiger partial charge on any atom is 0.318 e. The SMILES string of the molecule is O=C(N[C@@H]1CN2CCC1CC2)N1CCc2ccccc2[C@H]1c1ccc(Cl)cc1. The number of nitrogens with one attached hydrogen (secondary N) is 1. The summed E-state index contributed by atoms with van der Waals surface area (Å²) in [6, 6.07) is 16.7. The number of hydrogen-bond acceptors (Lipinski definition) is 2. The van der Waals surface area contributed by atoms with E-state index in [0.717, 1.165) is 30.1 Å². The molecule has 4 aliphatic heterocycles. The van der Waals surface area contributed by atoms with Crippen molar-refractivity contribution in [1.82, 2.24) is 15.1 Å². The quantitative estimate of drug-likeness (QED) is 0.831. The van der Waals surface area contributed by atoms with Crippen LogP contribution in [0.3, 0.4) is 0 Å². The molecule has 5 heteroatoms. The van der Waals surface area contributed by atoms with Crippen molar-refractivity contribution in [3.8, 4) is 0 Å². The zero-order chi connectivity index (χ0) is 19.1. The minimum Gasteiger partial charge on any atom is -0.334 e. The number of benzene rings is 2. The Bertz CT molecular complexity index is 860. The van der Waals surface area contributed by atoms with E-state index in [1.165, 1.54) is 37.1 Å². The number of nitrogens with zero attached hydrogens (tertiary/aromatic N) is 2. The number of urea groups is 1. The van der Waals surface area contributed by atoms with Gasteiger partial charge in [-0.25, -0.2) is 4.79 Å². The van der Waals surface area contributed by atoms with E-state index >= 15 is 0 Å². The molecule has 3 saturated heterocycles. The van der Waals surface area contributed by atoms with E-state index in [9.17, 15) is 4.79 Å². The first-order valence-corrected chi connectivity index (χ1v) is 10.7. The zero-order valence-electron chi connectivity index (χ0n) is 16.0. The van der Waals surface area contributed by atoms with Crippen molar-refractivity contribution < 1.29 is 4.79 Å². The second-order valence-electron chi connectivity index (χ2n) is 8.29. The predicted octanol–water partition coefficient (Wildman–Crippen LogP) is 4.09. The van der Waals surface area contributed by atoms with E-state index in [2.05, 4.69) is 34.5 Å². The van der Waals surface area contributed by atoms with Crippen LogP contribution in [0.15, 0.2) is 48.5 Å². The van der Waals surface area contributed by atoms with Crippen molar-refractivity contribution in [2.75, 3.05) is 26.2 Å². The van der Waals surface area contributed by atoms with Gasteiger partial charge in [0.05, 0.1) is 6.04 Å². The molecule has 0 aromatic heterocycles. The van der Waals surface area contributed by atoms with Crippen LogP contribution >= 0.6 is 11.6 Å². The second-order valence-corrected chi connectivity index (χ2v) is 8.73. The first-order chi connectivity index (χ1) is 13.7. The second kappa shape index (κ2) is 7.41. The van der Waals surface area contributed by atoms with Crippen molar-refractivity contribution in [2.45, 2.75) is 31.3 Å². The van der Waals surface area contributed by atoms with E-state index < -0.39 is 0 Å². The summed E-state index contributed by atoms with van der Waals surface area (Å²) in [6.07, 6.45) is 3.30. The van der Waals surface area contributed by atoms with Crippen molar-refractivity contribution in [2.24, 2.45) is 5.92 Å². The van der Waals surface area contributed by atoms with Crippen molar-refractivity contribution >= 4 is 17.6 Å². The van der Waals surface area contributed by atoms with E-state index in [4.69, 9.17) is 11.6 Å². The number of carbonyl (C=O) groups excluding carboxylic acids is 1. The number of carbonyl (C=O) groups is 1. The van der Waals surface area contributed by atoms with Crippen molar-refractivity contribution in [1.29, 1.82) is 0 Å². The molecule has 4 aliphatic rings. The summed E-state index contributed by atoms with van der Waals surface area (Å²) in [6.45, 7) is 4.09. The third-order valence-corrected chi connectivity index (χ3v) is 6.95. The molecule has 1 N–H and O–H groups in total. The van der Waals surface area contributed by atoms with Gasteiger partial charge in [0.25, 0.3) is 0 Å². The van der Waals surface area contributed by atoms with Gasteiger partial charge in [0.2, 0.25) is 0 Å². The van der Waals surface area contributed by atoms with Gasteiger partial charge in [-0.05, 0) is 67.1 Å². The third-order valence-electron chi connectivity index (χ3n) is 6.70. The minimum absolute atomic E-state index is 0.0632. The summed E-state index contributed by atoms with van der Waals surface area (Å²) >= 11 is 6.12. The smallest absolute Gasteiger partial charge is 0.318 e. The Kier molecular flexibility index (Phi) is 4.77. The third kappa shape index (κ3) is 3.29. The van der Waals surface area contributed by atoms with Crippen LogP contribution in [0.5, 0.6) is 0 Å². The van der Waals surface area contributed by atoms with E-state index in [1.807, 2.05) is 29.2 Å². The first-order valence-electron chi connectivity index (χ1n) is 10.3. The lowest BCUT2D eigenvalue weighted by Crippen LogP contribution is -2.59. The number of hydrogen-bond donors (Lipinski definition) is 1. The summed E-state index contributed by atoms with van der Waals surface area (Å²) in [5.41, 5.74) is 3.66. The van der Waals surface area contributed by atoms with Gasteiger partial charge in [0, 0.05) is 24.2 Å². The maximum absolute atomic E-state index is 13.4. The number of piperidine rings is 3. The number of fused-ring (bicyclic) bond motifs is 4. The number of amides is 2. The van der Waals surface area contributed by atoms with Crippen LogP contribution < -0.4 is 5.32 Å². The van der Waals surface area contributed by atoms with Gasteiger partial charge in [-0.1, -0.05) is 48.0 Å². The fourth-order valence-corrected chi connectivity index (χ4v) is 5.29. The molecule has 2 bridgehead atoms. The lowest BCUT2D eigenvalue weighted by molar-refractivity contribution is 0.0715. The molecule has 0 unspecified atom stereocenters. The van der Waals surface area contributed by atoms with Crippen molar-refractivity contribution in [3.05, 3.63) is 70.2 Å². The van der Waals surface area contributed by atoms with Crippen LogP contribution in [0, 0.1) is 5.92 Å². The Morgan fingerprint density at radius 3 is 2.46 bits per heavy atom. The Morgan fingerprint density at radius 1 is 1.00 bits per heavy atom. The van der Waals surface area contributed by atoms with Gasteiger partial charge in [-0.2, -0.15) is 0 Å².